The van der Waals surface area contributed by atoms with Gasteiger partial charge in [0.05, 0.1) is 6.10 Å². The van der Waals surface area contributed by atoms with Crippen LogP contribution in [0.3, 0.4) is 0 Å². The van der Waals surface area contributed by atoms with Crippen LogP contribution in [-0.4, -0.2) is 17.0 Å². The molecule has 0 aromatic rings. The van der Waals surface area contributed by atoms with E-state index in [9.17, 15) is 9.90 Å². The zero-order valence-electron chi connectivity index (χ0n) is 14.9. The number of aliphatic hydroxyl groups excluding tert-OH is 1. The normalized spacial score (nSPS) is 55.0. The Morgan fingerprint density at radius 1 is 1.09 bits per heavy atom. The van der Waals surface area contributed by atoms with Gasteiger partial charge in [-0.25, -0.2) is 0 Å². The number of Topliss-reactive ketones (excluding diaryl/α,β-unsaturated/α-hetero) is 1. The van der Waals surface area contributed by atoms with Gasteiger partial charge < -0.3 is 5.11 Å². The molecule has 0 bridgehead atoms. The first-order chi connectivity index (χ1) is 10.9. The summed E-state index contributed by atoms with van der Waals surface area (Å²) in [6.07, 6.45) is 12.5. The van der Waals surface area contributed by atoms with E-state index in [1.54, 1.807) is 6.92 Å². The number of carbonyl (C=O) groups excluding carboxylic acids is 1. The average Bonchev–Trinajstić information content (AvgIpc) is 2.82. The van der Waals surface area contributed by atoms with Gasteiger partial charge in [0.2, 0.25) is 0 Å². The van der Waals surface area contributed by atoms with Gasteiger partial charge >= 0.3 is 0 Å². The van der Waals surface area contributed by atoms with Crippen molar-refractivity contribution in [2.24, 2.45) is 40.4 Å². The Morgan fingerprint density at radius 2 is 1.87 bits per heavy atom. The van der Waals surface area contributed by atoms with E-state index in [4.69, 9.17) is 0 Å². The summed E-state index contributed by atoms with van der Waals surface area (Å²) in [6.45, 7) is 6.52. The largest absolute Gasteiger partial charge is 0.393 e. The average molecular weight is 316 g/mol. The maximum Gasteiger partial charge on any atom is 0.133 e. The summed E-state index contributed by atoms with van der Waals surface area (Å²) in [5.74, 6) is 2.99. The molecule has 2 unspecified atom stereocenters. The highest BCUT2D eigenvalue weighted by atomic mass is 16.3. The lowest BCUT2D eigenvalue weighted by Crippen LogP contribution is -2.58. The molecule has 4 aliphatic rings. The molecule has 0 aromatic heterocycles. The van der Waals surface area contributed by atoms with Crippen molar-refractivity contribution in [1.29, 1.82) is 0 Å². The first kappa shape index (κ1) is 15.9. The predicted molar refractivity (Wildman–Crippen MR) is 91.8 cm³/mol. The van der Waals surface area contributed by atoms with E-state index in [1.807, 2.05) is 0 Å². The molecule has 1 N–H and O–H groups in total. The molecule has 0 saturated heterocycles. The van der Waals surface area contributed by atoms with Gasteiger partial charge in [-0.05, 0) is 86.4 Å². The second kappa shape index (κ2) is 5.18. The first-order valence-electron chi connectivity index (χ1n) is 9.71. The second-order valence-corrected chi connectivity index (χ2v) is 9.51. The number of carbonyl (C=O) groups is 1. The number of hydrogen-bond donors (Lipinski definition) is 1. The fourth-order valence-electron chi connectivity index (χ4n) is 7.63. The van der Waals surface area contributed by atoms with Crippen LogP contribution in [-0.2, 0) is 4.79 Å². The van der Waals surface area contributed by atoms with Gasteiger partial charge in [0.15, 0.2) is 0 Å². The predicted octanol–water partition coefficient (Wildman–Crippen LogP) is 4.37. The number of hydrogen-bond acceptors (Lipinski definition) is 2. The van der Waals surface area contributed by atoms with Crippen LogP contribution in [0.15, 0.2) is 12.2 Å². The summed E-state index contributed by atoms with van der Waals surface area (Å²) >= 11 is 0. The van der Waals surface area contributed by atoms with Crippen LogP contribution in [0, 0.1) is 40.4 Å². The summed E-state index contributed by atoms with van der Waals surface area (Å²) in [6, 6.07) is 0. The van der Waals surface area contributed by atoms with Crippen LogP contribution in [0.2, 0.25) is 0 Å². The Labute approximate surface area is 140 Å². The molecule has 23 heavy (non-hydrogen) atoms. The smallest absolute Gasteiger partial charge is 0.133 e. The highest BCUT2D eigenvalue weighted by Crippen LogP contribution is 2.66. The van der Waals surface area contributed by atoms with E-state index < -0.39 is 0 Å². The molecule has 128 valence electrons. The maximum absolute atomic E-state index is 12.2. The Morgan fingerprint density at radius 3 is 2.61 bits per heavy atom. The van der Waals surface area contributed by atoms with Gasteiger partial charge in [-0.15, -0.1) is 0 Å². The van der Waals surface area contributed by atoms with Gasteiger partial charge in [0.25, 0.3) is 0 Å². The van der Waals surface area contributed by atoms with Gasteiger partial charge in [0, 0.05) is 5.92 Å². The van der Waals surface area contributed by atoms with Gasteiger partial charge in [-0.2, -0.15) is 0 Å². The molecule has 0 radical (unpaired) electrons. The number of rotatable bonds is 1. The van der Waals surface area contributed by atoms with E-state index >= 15 is 0 Å². The van der Waals surface area contributed by atoms with Crippen LogP contribution in [0.1, 0.15) is 65.7 Å². The highest BCUT2D eigenvalue weighted by Gasteiger charge is 2.62. The fourth-order valence-corrected chi connectivity index (χ4v) is 7.63. The van der Waals surface area contributed by atoms with Crippen molar-refractivity contribution in [3.05, 3.63) is 12.2 Å². The standard InChI is InChI=1S/C21H32O2/c1-13(22)16-9-10-17-15-8-7-14-6-4-5-11-20(14,2)19(15)18(23)12-21(16,17)3/h4-5,14-19,23H,6-12H2,1-3H3/t14?,15-,16+,17-,18?,19+,20-,21+/m0/s1. The minimum atomic E-state index is -0.222. The van der Waals surface area contributed by atoms with Crippen molar-refractivity contribution in [2.75, 3.05) is 0 Å². The number of ketones is 1. The number of fused-ring (bicyclic) bond motifs is 5. The van der Waals surface area contributed by atoms with Crippen LogP contribution in [0.25, 0.3) is 0 Å². The molecule has 8 atom stereocenters. The molecule has 0 heterocycles. The summed E-state index contributed by atoms with van der Waals surface area (Å²) in [5, 5.41) is 11.2. The van der Waals surface area contributed by atoms with E-state index in [0.717, 1.165) is 25.2 Å². The zero-order valence-corrected chi connectivity index (χ0v) is 14.9. The minimum Gasteiger partial charge on any atom is -0.393 e. The molecule has 4 aliphatic carbocycles. The summed E-state index contributed by atoms with van der Waals surface area (Å²) in [5.41, 5.74) is 0.312. The molecule has 0 spiro atoms. The van der Waals surface area contributed by atoms with Gasteiger partial charge in [-0.3, -0.25) is 4.79 Å². The zero-order chi connectivity index (χ0) is 16.4. The Kier molecular flexibility index (Phi) is 3.58. The maximum atomic E-state index is 12.2. The van der Waals surface area contributed by atoms with E-state index in [-0.39, 0.29) is 22.9 Å². The molecule has 2 heteroatoms. The molecule has 2 nitrogen and oxygen atoms in total. The SMILES string of the molecule is CC(=O)[C@H]1CC[C@H]2[C@@H]3CCC4CC=CC[C@]4(C)[C@H]3C(O)C[C@]12C. The fraction of sp³-hybridized carbons (Fsp3) is 0.857. The molecular formula is C21H32O2. The monoisotopic (exact) mass is 316 g/mol. The molecule has 0 aromatic carbocycles. The molecule has 4 rings (SSSR count). The van der Waals surface area contributed by atoms with Crippen LogP contribution >= 0.6 is 0 Å². The van der Waals surface area contributed by atoms with E-state index in [0.29, 0.717) is 23.5 Å². The first-order valence-corrected chi connectivity index (χ1v) is 9.71. The third-order valence-electron chi connectivity index (χ3n) is 8.63. The molecule has 0 aliphatic heterocycles. The molecule has 3 saturated carbocycles. The van der Waals surface area contributed by atoms with Crippen molar-refractivity contribution >= 4 is 5.78 Å². The molecular weight excluding hydrogens is 284 g/mol. The lowest BCUT2D eigenvalue weighted by atomic mass is 9.44. The summed E-state index contributed by atoms with van der Waals surface area (Å²) in [7, 11) is 0. The minimum absolute atomic E-state index is 0.0418. The van der Waals surface area contributed by atoms with Crippen LogP contribution in [0.4, 0.5) is 0 Å². The Balaban J connectivity index is 1.70. The second-order valence-electron chi connectivity index (χ2n) is 9.51. The van der Waals surface area contributed by atoms with Crippen molar-refractivity contribution < 1.29 is 9.90 Å². The van der Waals surface area contributed by atoms with Crippen molar-refractivity contribution in [3.63, 3.8) is 0 Å². The molecule has 3 fully saturated rings. The lowest BCUT2D eigenvalue weighted by molar-refractivity contribution is -0.162. The van der Waals surface area contributed by atoms with Crippen molar-refractivity contribution in [2.45, 2.75) is 71.8 Å². The highest BCUT2D eigenvalue weighted by molar-refractivity contribution is 5.79. The summed E-state index contributed by atoms with van der Waals surface area (Å²) < 4.78 is 0. The van der Waals surface area contributed by atoms with Gasteiger partial charge in [-0.1, -0.05) is 26.0 Å². The van der Waals surface area contributed by atoms with Crippen molar-refractivity contribution in [1.82, 2.24) is 0 Å². The third-order valence-corrected chi connectivity index (χ3v) is 8.63. The summed E-state index contributed by atoms with van der Waals surface area (Å²) in [4.78, 5) is 12.2. The van der Waals surface area contributed by atoms with E-state index in [1.165, 1.54) is 25.7 Å². The van der Waals surface area contributed by atoms with Crippen molar-refractivity contribution in [3.8, 4) is 0 Å². The topological polar surface area (TPSA) is 37.3 Å². The van der Waals surface area contributed by atoms with E-state index in [2.05, 4.69) is 26.0 Å². The third kappa shape index (κ3) is 2.06. The number of allylic oxidation sites excluding steroid dienone is 2. The quantitative estimate of drug-likeness (QED) is 0.729. The Bertz CT molecular complexity index is 538. The Hall–Kier alpha value is -0.630. The van der Waals surface area contributed by atoms with Crippen LogP contribution < -0.4 is 0 Å². The molecule has 0 amide bonds. The van der Waals surface area contributed by atoms with Crippen LogP contribution in [0.5, 0.6) is 0 Å². The lowest BCUT2D eigenvalue weighted by Gasteiger charge is -2.61. The number of aliphatic hydroxyl groups is 1. The van der Waals surface area contributed by atoms with Gasteiger partial charge in [0.1, 0.15) is 5.78 Å².